The number of nitrogens with one attached hydrogen (secondary N) is 1. The van der Waals surface area contributed by atoms with Gasteiger partial charge in [-0.15, -0.1) is 0 Å². The molecule has 2 unspecified atom stereocenters. The maximum Gasteiger partial charge on any atom is 0.251 e. The summed E-state index contributed by atoms with van der Waals surface area (Å²) in [6, 6.07) is 5.17. The Labute approximate surface area is 114 Å². The molecular weight excluding hydrogens is 240 g/mol. The van der Waals surface area contributed by atoms with E-state index in [2.05, 4.69) is 12.2 Å². The lowest BCUT2D eigenvalue weighted by molar-refractivity contribution is 0.0954. The predicted molar refractivity (Wildman–Crippen MR) is 76.3 cm³/mol. The largest absolute Gasteiger partial charge is 0.488 e. The van der Waals surface area contributed by atoms with E-state index in [9.17, 15) is 4.79 Å². The van der Waals surface area contributed by atoms with E-state index in [1.807, 2.05) is 0 Å². The van der Waals surface area contributed by atoms with E-state index < -0.39 is 0 Å². The van der Waals surface area contributed by atoms with E-state index >= 15 is 0 Å². The standard InChI is InChI=1S/C15H22N2O2/c1-10-5-3-4-6-13(10)19-14-9-11(15(18)17-2)7-8-12(14)16/h7-10,13H,3-6,16H2,1-2H3,(H,17,18). The van der Waals surface area contributed by atoms with Crippen molar-refractivity contribution in [3.63, 3.8) is 0 Å². The number of benzene rings is 1. The molecule has 2 atom stereocenters. The molecule has 4 heteroatoms. The number of carbonyl (C=O) groups excluding carboxylic acids is 1. The minimum atomic E-state index is -0.124. The molecule has 0 saturated heterocycles. The summed E-state index contributed by atoms with van der Waals surface area (Å²) in [6.07, 6.45) is 4.93. The lowest BCUT2D eigenvalue weighted by atomic mass is 9.88. The number of ether oxygens (including phenoxy) is 1. The van der Waals surface area contributed by atoms with Gasteiger partial charge in [0.15, 0.2) is 0 Å². The normalized spacial score (nSPS) is 22.8. The van der Waals surface area contributed by atoms with Crippen molar-refractivity contribution in [1.29, 1.82) is 0 Å². The van der Waals surface area contributed by atoms with E-state index in [4.69, 9.17) is 10.5 Å². The molecule has 1 aliphatic rings. The topological polar surface area (TPSA) is 64.4 Å². The van der Waals surface area contributed by atoms with E-state index in [-0.39, 0.29) is 12.0 Å². The van der Waals surface area contributed by atoms with Crippen LogP contribution in [0.2, 0.25) is 0 Å². The summed E-state index contributed by atoms with van der Waals surface area (Å²) >= 11 is 0. The van der Waals surface area contributed by atoms with Crippen LogP contribution in [0.5, 0.6) is 5.75 Å². The molecule has 0 spiro atoms. The zero-order chi connectivity index (χ0) is 13.8. The first-order valence-electron chi connectivity index (χ1n) is 6.90. The molecule has 3 N–H and O–H groups in total. The van der Waals surface area contributed by atoms with Gasteiger partial charge in [-0.25, -0.2) is 0 Å². The average Bonchev–Trinajstić information content (AvgIpc) is 2.42. The highest BCUT2D eigenvalue weighted by Crippen LogP contribution is 2.31. The third-order valence-corrected chi connectivity index (χ3v) is 3.81. The maximum atomic E-state index is 11.6. The highest BCUT2D eigenvalue weighted by Gasteiger charge is 2.23. The van der Waals surface area contributed by atoms with Crippen molar-refractivity contribution in [3.05, 3.63) is 23.8 Å². The molecule has 104 valence electrons. The Morgan fingerprint density at radius 3 is 2.79 bits per heavy atom. The van der Waals surface area contributed by atoms with Crippen LogP contribution in [-0.2, 0) is 0 Å². The smallest absolute Gasteiger partial charge is 0.251 e. The minimum absolute atomic E-state index is 0.124. The van der Waals surface area contributed by atoms with Gasteiger partial charge in [0.2, 0.25) is 0 Å². The summed E-state index contributed by atoms with van der Waals surface area (Å²) in [5.74, 6) is 1.04. The summed E-state index contributed by atoms with van der Waals surface area (Å²) in [7, 11) is 1.61. The molecule has 0 aliphatic heterocycles. The van der Waals surface area contributed by atoms with E-state index in [1.54, 1.807) is 25.2 Å². The van der Waals surface area contributed by atoms with Gasteiger partial charge in [-0.3, -0.25) is 4.79 Å². The van der Waals surface area contributed by atoms with Gasteiger partial charge < -0.3 is 15.8 Å². The Hall–Kier alpha value is -1.71. The number of nitrogens with two attached hydrogens (primary N) is 1. The molecule has 2 rings (SSSR count). The van der Waals surface area contributed by atoms with Crippen molar-refractivity contribution in [2.45, 2.75) is 38.7 Å². The lowest BCUT2D eigenvalue weighted by Crippen LogP contribution is -2.28. The Balaban J connectivity index is 2.16. The van der Waals surface area contributed by atoms with Crippen molar-refractivity contribution in [1.82, 2.24) is 5.32 Å². The van der Waals surface area contributed by atoms with Gasteiger partial charge >= 0.3 is 0 Å². The summed E-state index contributed by atoms with van der Waals surface area (Å²) in [6.45, 7) is 2.21. The zero-order valence-corrected chi connectivity index (χ0v) is 11.6. The number of carbonyl (C=O) groups is 1. The van der Waals surface area contributed by atoms with Crippen LogP contribution in [0.4, 0.5) is 5.69 Å². The van der Waals surface area contributed by atoms with Crippen LogP contribution in [0.3, 0.4) is 0 Å². The molecule has 4 nitrogen and oxygen atoms in total. The first kappa shape index (κ1) is 13.7. The second-order valence-corrected chi connectivity index (χ2v) is 5.25. The second-order valence-electron chi connectivity index (χ2n) is 5.25. The molecule has 1 aromatic carbocycles. The maximum absolute atomic E-state index is 11.6. The number of nitrogen functional groups attached to an aromatic ring is 1. The van der Waals surface area contributed by atoms with Gasteiger partial charge in [-0.05, 0) is 43.4 Å². The second kappa shape index (κ2) is 5.95. The summed E-state index contributed by atoms with van der Waals surface area (Å²) in [5, 5.41) is 2.61. The van der Waals surface area contributed by atoms with Crippen LogP contribution >= 0.6 is 0 Å². The fraction of sp³-hybridized carbons (Fsp3) is 0.533. The number of amides is 1. The molecule has 0 aromatic heterocycles. The van der Waals surface area contributed by atoms with Crippen LogP contribution in [0.1, 0.15) is 43.0 Å². The van der Waals surface area contributed by atoms with Crippen LogP contribution in [0, 0.1) is 5.92 Å². The van der Waals surface area contributed by atoms with Crippen LogP contribution < -0.4 is 15.8 Å². The monoisotopic (exact) mass is 262 g/mol. The van der Waals surface area contributed by atoms with Crippen molar-refractivity contribution in [3.8, 4) is 5.75 Å². The summed E-state index contributed by atoms with van der Waals surface area (Å²) in [5.41, 5.74) is 7.10. The van der Waals surface area contributed by atoms with Gasteiger partial charge in [0.1, 0.15) is 11.9 Å². The van der Waals surface area contributed by atoms with Gasteiger partial charge in [0.05, 0.1) is 5.69 Å². The van der Waals surface area contributed by atoms with E-state index in [1.165, 1.54) is 19.3 Å². The van der Waals surface area contributed by atoms with Gasteiger partial charge in [0.25, 0.3) is 5.91 Å². The molecule has 1 aliphatic carbocycles. The highest BCUT2D eigenvalue weighted by atomic mass is 16.5. The van der Waals surface area contributed by atoms with E-state index in [0.717, 1.165) is 6.42 Å². The molecule has 0 bridgehead atoms. The van der Waals surface area contributed by atoms with Crippen LogP contribution in [0.15, 0.2) is 18.2 Å². The molecule has 19 heavy (non-hydrogen) atoms. The highest BCUT2D eigenvalue weighted by molar-refractivity contribution is 5.95. The Morgan fingerprint density at radius 2 is 2.11 bits per heavy atom. The van der Waals surface area contributed by atoms with Gasteiger partial charge in [-0.1, -0.05) is 13.3 Å². The number of hydrogen-bond acceptors (Lipinski definition) is 3. The lowest BCUT2D eigenvalue weighted by Gasteiger charge is -2.29. The van der Waals surface area contributed by atoms with Gasteiger partial charge in [-0.2, -0.15) is 0 Å². The van der Waals surface area contributed by atoms with Crippen molar-refractivity contribution >= 4 is 11.6 Å². The van der Waals surface area contributed by atoms with Crippen molar-refractivity contribution < 1.29 is 9.53 Å². The Bertz CT molecular complexity index is 459. The SMILES string of the molecule is CNC(=O)c1ccc(N)c(OC2CCCCC2C)c1. The molecule has 1 aromatic rings. The van der Waals surface area contributed by atoms with Crippen molar-refractivity contribution in [2.75, 3.05) is 12.8 Å². The third-order valence-electron chi connectivity index (χ3n) is 3.81. The fourth-order valence-corrected chi connectivity index (χ4v) is 2.54. The van der Waals surface area contributed by atoms with Crippen LogP contribution in [-0.4, -0.2) is 19.1 Å². The molecule has 0 heterocycles. The Kier molecular flexibility index (Phi) is 4.30. The fourth-order valence-electron chi connectivity index (χ4n) is 2.54. The molecule has 1 amide bonds. The number of hydrogen-bond donors (Lipinski definition) is 2. The summed E-state index contributed by atoms with van der Waals surface area (Å²) in [4.78, 5) is 11.6. The first-order chi connectivity index (χ1) is 9.11. The molecular formula is C15H22N2O2. The molecule has 1 saturated carbocycles. The molecule has 0 radical (unpaired) electrons. The summed E-state index contributed by atoms with van der Waals surface area (Å²) < 4.78 is 6.03. The zero-order valence-electron chi connectivity index (χ0n) is 11.6. The predicted octanol–water partition coefficient (Wildman–Crippen LogP) is 2.59. The average molecular weight is 262 g/mol. The number of anilines is 1. The minimum Gasteiger partial charge on any atom is -0.488 e. The quantitative estimate of drug-likeness (QED) is 0.823. The molecule has 1 fully saturated rings. The first-order valence-corrected chi connectivity index (χ1v) is 6.90. The number of rotatable bonds is 3. The van der Waals surface area contributed by atoms with Crippen molar-refractivity contribution in [2.24, 2.45) is 5.92 Å². The van der Waals surface area contributed by atoms with Crippen LogP contribution in [0.25, 0.3) is 0 Å². The van der Waals surface area contributed by atoms with E-state index in [0.29, 0.717) is 22.9 Å². The van der Waals surface area contributed by atoms with Gasteiger partial charge in [0, 0.05) is 12.6 Å². The Morgan fingerprint density at radius 1 is 1.37 bits per heavy atom. The third kappa shape index (κ3) is 3.19.